The molecular weight excluding hydrogens is 364 g/mol. The summed E-state index contributed by atoms with van der Waals surface area (Å²) in [7, 11) is 0. The lowest BCUT2D eigenvalue weighted by atomic mass is 10.1. The van der Waals surface area contributed by atoms with Gasteiger partial charge in [-0.25, -0.2) is 4.98 Å². The number of hydrogen-bond acceptors (Lipinski definition) is 6. The number of aromatic nitrogens is 1. The highest BCUT2D eigenvalue weighted by Gasteiger charge is 2.34. The number of nitrogens with two attached hydrogens (primary N) is 1. The van der Waals surface area contributed by atoms with Crippen molar-refractivity contribution in [3.05, 3.63) is 29.3 Å². The lowest BCUT2D eigenvalue weighted by molar-refractivity contribution is -0.138. The number of carbonyl (C=O) groups excluding carboxylic acids is 2. The van der Waals surface area contributed by atoms with E-state index in [1.54, 1.807) is 4.90 Å². The molecule has 2 heterocycles. The van der Waals surface area contributed by atoms with Crippen molar-refractivity contribution >= 4 is 45.8 Å². The van der Waals surface area contributed by atoms with Gasteiger partial charge in [0.1, 0.15) is 5.01 Å². The Morgan fingerprint density at radius 1 is 1.24 bits per heavy atom. The van der Waals surface area contributed by atoms with Crippen molar-refractivity contribution in [2.75, 3.05) is 39.3 Å². The summed E-state index contributed by atoms with van der Waals surface area (Å²) in [5.41, 5.74) is 6.28. The van der Waals surface area contributed by atoms with E-state index in [9.17, 15) is 9.59 Å². The molecule has 1 saturated heterocycles. The number of benzene rings is 1. The van der Waals surface area contributed by atoms with Gasteiger partial charge in [0, 0.05) is 32.7 Å². The van der Waals surface area contributed by atoms with Crippen molar-refractivity contribution in [2.24, 2.45) is 5.73 Å². The summed E-state index contributed by atoms with van der Waals surface area (Å²) in [4.78, 5) is 32.9. The molecule has 0 radical (unpaired) electrons. The summed E-state index contributed by atoms with van der Waals surface area (Å²) in [5.74, 6) is -1.99. The number of nitrogens with zero attached hydrogens (tertiary/aromatic N) is 3. The van der Waals surface area contributed by atoms with Crippen LogP contribution in [0.5, 0.6) is 0 Å². The van der Waals surface area contributed by atoms with E-state index in [-0.39, 0.29) is 24.9 Å². The molecule has 0 aliphatic carbocycles. The zero-order valence-electron chi connectivity index (χ0n) is 13.6. The predicted molar refractivity (Wildman–Crippen MR) is 98.9 cm³/mol. The Morgan fingerprint density at radius 2 is 1.92 bits per heavy atom. The normalized spacial score (nSPS) is 16.4. The van der Waals surface area contributed by atoms with Crippen LogP contribution >= 0.6 is 23.7 Å². The van der Waals surface area contributed by atoms with E-state index in [1.807, 2.05) is 24.3 Å². The number of thiazole rings is 1. The van der Waals surface area contributed by atoms with E-state index in [0.29, 0.717) is 37.7 Å². The fourth-order valence-corrected chi connectivity index (χ4v) is 3.95. The van der Waals surface area contributed by atoms with Gasteiger partial charge >= 0.3 is 0 Å². The Morgan fingerprint density at radius 3 is 2.52 bits per heavy atom. The molecule has 25 heavy (non-hydrogen) atoms. The first-order chi connectivity index (χ1) is 11.6. The van der Waals surface area contributed by atoms with E-state index >= 15 is 0 Å². The molecule has 0 saturated carbocycles. The Bertz CT molecular complexity index is 713. The molecule has 3 rings (SSSR count). The van der Waals surface area contributed by atoms with Crippen LogP contribution < -0.4 is 5.73 Å². The summed E-state index contributed by atoms with van der Waals surface area (Å²) in [6.07, 6.45) is 0. The molecule has 9 heteroatoms. The van der Waals surface area contributed by atoms with E-state index in [2.05, 4.69) is 9.88 Å². The SMILES string of the molecule is Cl.NC(=O)C(C(=O)N1CCN(CCO)CC1)c1nc2ccccc2s1. The molecule has 1 fully saturated rings. The number of halogens is 1. The highest BCUT2D eigenvalue weighted by atomic mass is 35.5. The molecule has 2 amide bonds. The fraction of sp³-hybridized carbons (Fsp3) is 0.438. The maximum absolute atomic E-state index is 12.8. The number of fused-ring (bicyclic) bond motifs is 1. The standard InChI is InChI=1S/C16H20N4O3S.ClH/c17-14(22)13(15-18-11-3-1-2-4-12(11)24-15)16(23)20-7-5-19(6-8-20)9-10-21;/h1-4,13,21H,5-10H2,(H2,17,22);1H. The van der Waals surface area contributed by atoms with Crippen LogP contribution in [0.15, 0.2) is 24.3 Å². The summed E-state index contributed by atoms with van der Waals surface area (Å²) in [6, 6.07) is 7.53. The van der Waals surface area contributed by atoms with Crippen LogP contribution in [0.1, 0.15) is 10.9 Å². The average Bonchev–Trinajstić information content (AvgIpc) is 2.98. The van der Waals surface area contributed by atoms with E-state index in [1.165, 1.54) is 11.3 Å². The molecule has 2 aromatic rings. The molecule has 0 spiro atoms. The molecular formula is C16H21ClN4O3S. The van der Waals surface area contributed by atoms with E-state index < -0.39 is 11.8 Å². The van der Waals surface area contributed by atoms with Crippen LogP contribution in [0.2, 0.25) is 0 Å². The van der Waals surface area contributed by atoms with Gasteiger partial charge in [0.25, 0.3) is 0 Å². The first-order valence-corrected chi connectivity index (χ1v) is 8.68. The largest absolute Gasteiger partial charge is 0.395 e. The van der Waals surface area contributed by atoms with Gasteiger partial charge in [0.05, 0.1) is 16.8 Å². The number of primary amides is 1. The number of hydrogen-bond donors (Lipinski definition) is 2. The van der Waals surface area contributed by atoms with Crippen LogP contribution in [0.3, 0.4) is 0 Å². The van der Waals surface area contributed by atoms with Crippen LogP contribution in [-0.4, -0.2) is 71.0 Å². The van der Waals surface area contributed by atoms with Crippen molar-refractivity contribution < 1.29 is 14.7 Å². The topological polar surface area (TPSA) is 99.8 Å². The third-order valence-electron chi connectivity index (χ3n) is 4.19. The second kappa shape index (κ2) is 8.57. The second-order valence-electron chi connectivity index (χ2n) is 5.75. The Hall–Kier alpha value is -1.74. The lowest BCUT2D eigenvalue weighted by Crippen LogP contribution is -2.51. The minimum absolute atomic E-state index is 0. The molecule has 7 nitrogen and oxygen atoms in total. The zero-order chi connectivity index (χ0) is 17.1. The van der Waals surface area contributed by atoms with Crippen LogP contribution in [-0.2, 0) is 9.59 Å². The van der Waals surface area contributed by atoms with Crippen molar-refractivity contribution in [3.63, 3.8) is 0 Å². The molecule has 1 aromatic heterocycles. The number of carbonyl (C=O) groups is 2. The second-order valence-corrected chi connectivity index (χ2v) is 6.81. The van der Waals surface area contributed by atoms with Crippen LogP contribution in [0.4, 0.5) is 0 Å². The zero-order valence-corrected chi connectivity index (χ0v) is 15.3. The Labute approximate surface area is 155 Å². The number of piperazine rings is 1. The van der Waals surface area contributed by atoms with E-state index in [4.69, 9.17) is 10.8 Å². The number of para-hydroxylation sites is 1. The third-order valence-corrected chi connectivity index (χ3v) is 5.29. The van der Waals surface area contributed by atoms with Gasteiger partial charge < -0.3 is 15.7 Å². The maximum Gasteiger partial charge on any atom is 0.242 e. The summed E-state index contributed by atoms with van der Waals surface area (Å²) in [6.45, 7) is 3.10. The number of aliphatic hydroxyl groups is 1. The molecule has 3 N–H and O–H groups in total. The monoisotopic (exact) mass is 384 g/mol. The average molecular weight is 385 g/mol. The maximum atomic E-state index is 12.8. The van der Waals surface area contributed by atoms with Gasteiger partial charge in [0.2, 0.25) is 11.8 Å². The lowest BCUT2D eigenvalue weighted by Gasteiger charge is -2.35. The molecule has 1 unspecified atom stereocenters. The molecule has 1 atom stereocenters. The summed E-state index contributed by atoms with van der Waals surface area (Å²) >= 11 is 1.33. The highest BCUT2D eigenvalue weighted by Crippen LogP contribution is 2.29. The van der Waals surface area contributed by atoms with Crippen molar-refractivity contribution in [3.8, 4) is 0 Å². The number of amides is 2. The van der Waals surface area contributed by atoms with E-state index in [0.717, 1.165) is 10.2 Å². The number of rotatable bonds is 5. The number of aliphatic hydroxyl groups excluding tert-OH is 1. The molecule has 1 aromatic carbocycles. The molecule has 136 valence electrons. The van der Waals surface area contributed by atoms with Gasteiger partial charge in [-0.2, -0.15) is 0 Å². The van der Waals surface area contributed by atoms with Crippen LogP contribution in [0, 0.1) is 0 Å². The van der Waals surface area contributed by atoms with Crippen LogP contribution in [0.25, 0.3) is 10.2 Å². The van der Waals surface area contributed by atoms with Crippen molar-refractivity contribution in [2.45, 2.75) is 5.92 Å². The molecule has 1 aliphatic heterocycles. The molecule has 1 aliphatic rings. The third kappa shape index (κ3) is 4.27. The summed E-state index contributed by atoms with van der Waals surface area (Å²) < 4.78 is 0.930. The smallest absolute Gasteiger partial charge is 0.242 e. The Balaban J connectivity index is 0.00000225. The Kier molecular flexibility index (Phi) is 6.71. The number of β-amino-alcohol motifs (C(OH)–C–C–N with tert-alkyl or cyclic N) is 1. The van der Waals surface area contributed by atoms with Gasteiger partial charge in [-0.3, -0.25) is 14.5 Å². The minimum Gasteiger partial charge on any atom is -0.395 e. The van der Waals surface area contributed by atoms with Gasteiger partial charge in [-0.1, -0.05) is 12.1 Å². The highest BCUT2D eigenvalue weighted by molar-refractivity contribution is 7.18. The minimum atomic E-state index is -1.04. The molecule has 0 bridgehead atoms. The summed E-state index contributed by atoms with van der Waals surface area (Å²) in [5, 5.41) is 9.43. The van der Waals surface area contributed by atoms with Crippen molar-refractivity contribution in [1.82, 2.24) is 14.8 Å². The quantitative estimate of drug-likeness (QED) is 0.728. The van der Waals surface area contributed by atoms with Gasteiger partial charge in [-0.05, 0) is 12.1 Å². The van der Waals surface area contributed by atoms with Crippen molar-refractivity contribution in [1.29, 1.82) is 0 Å². The first-order valence-electron chi connectivity index (χ1n) is 7.87. The van der Waals surface area contributed by atoms with Gasteiger partial charge in [0.15, 0.2) is 5.92 Å². The first kappa shape index (κ1) is 19.6. The predicted octanol–water partition coefficient (Wildman–Crippen LogP) is 0.424. The van der Waals surface area contributed by atoms with Gasteiger partial charge in [-0.15, -0.1) is 23.7 Å². The fourth-order valence-electron chi connectivity index (χ4n) is 2.88.